The zero-order valence-corrected chi connectivity index (χ0v) is 13.6. The molecule has 0 saturated carbocycles. The van der Waals surface area contributed by atoms with Crippen LogP contribution in [0.4, 0.5) is 0 Å². The molecule has 0 saturated heterocycles. The minimum absolute atomic E-state index is 0. The molecule has 1 aromatic carbocycles. The zero-order chi connectivity index (χ0) is 12.8. The molecule has 102 valence electrons. The number of rotatable bonds is 1. The first-order valence-corrected chi connectivity index (χ1v) is 7.21. The van der Waals surface area contributed by atoms with Gasteiger partial charge < -0.3 is 4.90 Å². The van der Waals surface area contributed by atoms with Crippen molar-refractivity contribution in [2.24, 2.45) is 4.99 Å². The van der Waals surface area contributed by atoms with Crippen molar-refractivity contribution in [1.82, 2.24) is 9.88 Å². The first-order chi connectivity index (χ1) is 9.34. The molecule has 0 atom stereocenters. The van der Waals surface area contributed by atoms with Crippen LogP contribution in [0.1, 0.15) is 12.6 Å². The van der Waals surface area contributed by atoms with E-state index in [4.69, 9.17) is 0 Å². The summed E-state index contributed by atoms with van der Waals surface area (Å²) in [4.78, 5) is 12.8. The molecule has 20 heavy (non-hydrogen) atoms. The largest absolute Gasteiger partial charge is 0.316 e. The van der Waals surface area contributed by atoms with E-state index in [0.29, 0.717) is 0 Å². The molecule has 0 spiro atoms. The van der Waals surface area contributed by atoms with E-state index in [-0.39, 0.29) is 17.0 Å². The Labute approximate surface area is 132 Å². The lowest BCUT2D eigenvalue weighted by Gasteiger charge is -2.17. The highest BCUT2D eigenvalue weighted by Gasteiger charge is 2.32. The van der Waals surface area contributed by atoms with Crippen LogP contribution in [0.2, 0.25) is 0 Å². The van der Waals surface area contributed by atoms with Gasteiger partial charge in [0.25, 0.3) is 0 Å². The Morgan fingerprint density at radius 2 is 2.05 bits per heavy atom. The van der Waals surface area contributed by atoms with Crippen molar-refractivity contribution in [2.45, 2.75) is 6.92 Å². The van der Waals surface area contributed by atoms with Crippen molar-refractivity contribution in [3.8, 4) is 0 Å². The van der Waals surface area contributed by atoms with E-state index in [2.05, 4.69) is 52.1 Å². The number of amidine groups is 1. The summed E-state index contributed by atoms with van der Waals surface area (Å²) in [5.74, 6) is 0. The second-order valence-electron chi connectivity index (χ2n) is 4.70. The first-order valence-electron chi connectivity index (χ1n) is 6.39. The van der Waals surface area contributed by atoms with Gasteiger partial charge in [-0.2, -0.15) is 0 Å². The van der Waals surface area contributed by atoms with E-state index in [9.17, 15) is 0 Å². The number of allylic oxidation sites excluding steroid dienone is 1. The van der Waals surface area contributed by atoms with Crippen molar-refractivity contribution in [1.29, 1.82) is 0 Å². The highest BCUT2D eigenvalue weighted by molar-refractivity contribution is 8.93. The quantitative estimate of drug-likeness (QED) is 0.782. The van der Waals surface area contributed by atoms with Gasteiger partial charge in [0, 0.05) is 23.0 Å². The van der Waals surface area contributed by atoms with Crippen molar-refractivity contribution in [3.63, 3.8) is 0 Å². The van der Waals surface area contributed by atoms with Gasteiger partial charge in [0.1, 0.15) is 0 Å². The van der Waals surface area contributed by atoms with Crippen LogP contribution in [-0.4, -0.2) is 28.1 Å². The Morgan fingerprint density at radius 1 is 1.20 bits per heavy atom. The lowest BCUT2D eigenvalue weighted by molar-refractivity contribution is 0.645. The van der Waals surface area contributed by atoms with Crippen molar-refractivity contribution < 1.29 is 0 Å². The maximum absolute atomic E-state index is 4.63. The van der Waals surface area contributed by atoms with Gasteiger partial charge in [0.15, 0.2) is 5.17 Å². The number of aliphatic imine (C=N–C) groups is 1. The summed E-state index contributed by atoms with van der Waals surface area (Å²) in [6.07, 6.45) is 1.90. The van der Waals surface area contributed by atoms with Gasteiger partial charge in [-0.1, -0.05) is 36.0 Å². The number of hydrogen-bond donors (Lipinski definition) is 0. The maximum atomic E-state index is 4.63. The van der Waals surface area contributed by atoms with Crippen LogP contribution in [0.15, 0.2) is 46.4 Å². The molecule has 0 bridgehead atoms. The zero-order valence-electron chi connectivity index (χ0n) is 11.0. The molecule has 0 fully saturated rings. The predicted molar refractivity (Wildman–Crippen MR) is 91.3 cm³/mol. The van der Waals surface area contributed by atoms with Crippen LogP contribution < -0.4 is 0 Å². The number of aromatic nitrogens is 1. The number of pyridine rings is 1. The monoisotopic (exact) mass is 347 g/mol. The minimum atomic E-state index is 0. The Hall–Kier alpha value is -1.33. The second-order valence-corrected chi connectivity index (χ2v) is 5.89. The fourth-order valence-corrected chi connectivity index (χ4v) is 3.73. The van der Waals surface area contributed by atoms with Crippen LogP contribution in [0, 0.1) is 0 Å². The topological polar surface area (TPSA) is 28.5 Å². The predicted octanol–water partition coefficient (Wildman–Crippen LogP) is 3.92. The van der Waals surface area contributed by atoms with Crippen LogP contribution in [-0.2, 0) is 0 Å². The minimum Gasteiger partial charge on any atom is -0.316 e. The Kier molecular flexibility index (Phi) is 3.56. The molecular weight excluding hydrogens is 334 g/mol. The third kappa shape index (κ3) is 1.96. The third-order valence-electron chi connectivity index (χ3n) is 3.55. The highest BCUT2D eigenvalue weighted by atomic mass is 79.9. The Morgan fingerprint density at radius 3 is 2.95 bits per heavy atom. The fraction of sp³-hybridized carbons (Fsp3) is 0.200. The molecule has 0 amide bonds. The molecule has 2 aliphatic rings. The molecule has 4 rings (SSSR count). The van der Waals surface area contributed by atoms with Gasteiger partial charge in [-0.05, 0) is 18.4 Å². The van der Waals surface area contributed by atoms with E-state index in [1.54, 1.807) is 11.8 Å². The van der Waals surface area contributed by atoms with E-state index in [0.717, 1.165) is 24.0 Å². The smallest absolute Gasteiger partial charge is 0.168 e. The summed E-state index contributed by atoms with van der Waals surface area (Å²) < 4.78 is 0. The molecule has 1 aromatic heterocycles. The number of thioether (sulfide) groups is 1. The molecule has 2 aliphatic heterocycles. The second kappa shape index (κ2) is 5.22. The first kappa shape index (κ1) is 13.6. The number of nitrogens with zero attached hydrogens (tertiary/aromatic N) is 3. The Balaban J connectivity index is 0.00000121. The van der Waals surface area contributed by atoms with E-state index in [1.165, 1.54) is 21.4 Å². The summed E-state index contributed by atoms with van der Waals surface area (Å²) in [5.41, 5.74) is 2.31. The number of hydrogen-bond acceptors (Lipinski definition) is 4. The van der Waals surface area contributed by atoms with Crippen LogP contribution in [0.3, 0.4) is 0 Å². The normalized spacial score (nSPS) is 17.2. The summed E-state index contributed by atoms with van der Waals surface area (Å²) in [6.45, 7) is 4.02. The SMILES string of the molecule is Br.CC1=C(c2nccc3ccccc23)N2CCN=C2S1. The highest BCUT2D eigenvalue weighted by Crippen LogP contribution is 2.42. The van der Waals surface area contributed by atoms with E-state index >= 15 is 0 Å². The molecule has 5 heteroatoms. The molecule has 3 heterocycles. The van der Waals surface area contributed by atoms with Gasteiger partial charge in [0.05, 0.1) is 17.9 Å². The van der Waals surface area contributed by atoms with Crippen LogP contribution in [0.25, 0.3) is 16.5 Å². The average molecular weight is 348 g/mol. The Bertz CT molecular complexity index is 733. The lowest BCUT2D eigenvalue weighted by Crippen LogP contribution is -2.20. The van der Waals surface area contributed by atoms with Crippen LogP contribution in [0.5, 0.6) is 0 Å². The number of halogens is 1. The lowest BCUT2D eigenvalue weighted by atomic mass is 10.1. The maximum Gasteiger partial charge on any atom is 0.168 e. The van der Waals surface area contributed by atoms with Crippen LogP contribution >= 0.6 is 28.7 Å². The van der Waals surface area contributed by atoms with E-state index in [1.807, 2.05) is 6.20 Å². The van der Waals surface area contributed by atoms with Crippen molar-refractivity contribution in [3.05, 3.63) is 47.1 Å². The van der Waals surface area contributed by atoms with Gasteiger partial charge in [-0.25, -0.2) is 0 Å². The summed E-state index contributed by atoms with van der Waals surface area (Å²) in [7, 11) is 0. The van der Waals surface area contributed by atoms with Crippen molar-refractivity contribution in [2.75, 3.05) is 13.1 Å². The molecule has 0 N–H and O–H groups in total. The van der Waals surface area contributed by atoms with E-state index < -0.39 is 0 Å². The molecule has 0 unspecified atom stereocenters. The number of fused-ring (bicyclic) bond motifs is 2. The molecule has 2 aromatic rings. The molecule has 3 nitrogen and oxygen atoms in total. The molecule has 0 radical (unpaired) electrons. The molecular formula is C15H14BrN3S. The van der Waals surface area contributed by atoms with Gasteiger partial charge in [0.2, 0.25) is 0 Å². The standard InChI is InChI=1S/C15H13N3S.BrH/c1-10-14(18-9-8-17-15(18)19-10)13-12-5-3-2-4-11(12)6-7-16-13;/h2-7H,8-9H2,1H3;1H. The van der Waals surface area contributed by atoms with Gasteiger partial charge in [-0.3, -0.25) is 9.98 Å². The molecule has 0 aliphatic carbocycles. The fourth-order valence-electron chi connectivity index (χ4n) is 2.70. The average Bonchev–Trinajstić information content (AvgIpc) is 2.98. The summed E-state index contributed by atoms with van der Waals surface area (Å²) >= 11 is 1.76. The summed E-state index contributed by atoms with van der Waals surface area (Å²) in [6, 6.07) is 10.5. The van der Waals surface area contributed by atoms with Gasteiger partial charge in [-0.15, -0.1) is 17.0 Å². The number of benzene rings is 1. The van der Waals surface area contributed by atoms with Crippen molar-refractivity contribution >= 4 is 50.4 Å². The summed E-state index contributed by atoms with van der Waals surface area (Å²) in [5, 5.41) is 3.58. The van der Waals surface area contributed by atoms with Gasteiger partial charge >= 0.3 is 0 Å². The third-order valence-corrected chi connectivity index (χ3v) is 4.58.